The molecule has 24 heavy (non-hydrogen) atoms. The molecule has 0 aromatic heterocycles. The van der Waals surface area contributed by atoms with Crippen LogP contribution in [0, 0.1) is 6.92 Å². The number of nitrogens with zero attached hydrogens (tertiary/aromatic N) is 1. The lowest BCUT2D eigenvalue weighted by Crippen LogP contribution is -2.47. The van der Waals surface area contributed by atoms with Gasteiger partial charge in [0.2, 0.25) is 0 Å². The number of amides is 1. The minimum Gasteiger partial charge on any atom is -0.399 e. The molecule has 1 saturated heterocycles. The van der Waals surface area contributed by atoms with Crippen LogP contribution in [0.25, 0.3) is 0 Å². The Morgan fingerprint density at radius 3 is 2.83 bits per heavy atom. The van der Waals surface area contributed by atoms with E-state index >= 15 is 0 Å². The van der Waals surface area contributed by atoms with Crippen molar-refractivity contribution in [2.24, 2.45) is 0 Å². The first kappa shape index (κ1) is 16.5. The molecule has 3 N–H and O–H groups in total. The average molecular weight is 323 g/mol. The molecule has 126 valence electrons. The molecule has 1 aliphatic rings. The number of piperidine rings is 1. The fourth-order valence-corrected chi connectivity index (χ4v) is 3.31. The third-order valence-electron chi connectivity index (χ3n) is 4.60. The number of carbonyl (C=O) groups is 1. The van der Waals surface area contributed by atoms with Crippen LogP contribution < -0.4 is 11.1 Å². The zero-order chi connectivity index (χ0) is 16.9. The van der Waals surface area contributed by atoms with Crippen molar-refractivity contribution in [1.82, 2.24) is 10.2 Å². The third kappa shape index (κ3) is 4.15. The highest BCUT2D eigenvalue weighted by Gasteiger charge is 2.22. The Hall–Kier alpha value is -2.33. The minimum absolute atomic E-state index is 0.0219. The number of nitrogens with one attached hydrogen (secondary N) is 1. The van der Waals surface area contributed by atoms with Crippen molar-refractivity contribution in [3.05, 3.63) is 65.2 Å². The summed E-state index contributed by atoms with van der Waals surface area (Å²) in [6, 6.07) is 16.2. The molecule has 0 bridgehead atoms. The van der Waals surface area contributed by atoms with E-state index in [2.05, 4.69) is 34.5 Å². The van der Waals surface area contributed by atoms with Crippen molar-refractivity contribution in [2.75, 3.05) is 18.8 Å². The monoisotopic (exact) mass is 323 g/mol. The second-order valence-electron chi connectivity index (χ2n) is 6.61. The van der Waals surface area contributed by atoms with Gasteiger partial charge in [0.15, 0.2) is 0 Å². The van der Waals surface area contributed by atoms with Gasteiger partial charge in [0.05, 0.1) is 0 Å². The standard InChI is InChI=1S/C20H25N3O/c1-15-9-10-17(21)12-19(15)20(24)22-18-8-5-11-23(14-18)13-16-6-3-2-4-7-16/h2-4,6-7,9-10,12,18H,5,8,11,13-14,21H2,1H3,(H,22,24). The van der Waals surface area contributed by atoms with Gasteiger partial charge in [-0.1, -0.05) is 36.4 Å². The summed E-state index contributed by atoms with van der Waals surface area (Å²) in [7, 11) is 0. The van der Waals surface area contributed by atoms with Crippen LogP contribution in [0.3, 0.4) is 0 Å². The van der Waals surface area contributed by atoms with E-state index in [0.717, 1.165) is 38.0 Å². The Kier molecular flexibility index (Phi) is 5.16. The predicted molar refractivity (Wildman–Crippen MR) is 97.8 cm³/mol. The Morgan fingerprint density at radius 1 is 1.25 bits per heavy atom. The van der Waals surface area contributed by atoms with Gasteiger partial charge in [-0.25, -0.2) is 0 Å². The number of carbonyl (C=O) groups excluding carboxylic acids is 1. The second kappa shape index (κ2) is 7.49. The Labute approximate surface area is 143 Å². The van der Waals surface area contributed by atoms with Crippen molar-refractivity contribution in [3.8, 4) is 0 Å². The molecule has 2 aromatic carbocycles. The number of rotatable bonds is 4. The number of aryl methyl sites for hydroxylation is 1. The highest BCUT2D eigenvalue weighted by molar-refractivity contribution is 5.96. The SMILES string of the molecule is Cc1ccc(N)cc1C(=O)NC1CCCN(Cc2ccccc2)C1. The number of benzene rings is 2. The molecule has 0 aliphatic carbocycles. The van der Waals surface area contributed by atoms with Gasteiger partial charge in [-0.15, -0.1) is 0 Å². The number of nitrogen functional groups attached to an aromatic ring is 1. The quantitative estimate of drug-likeness (QED) is 0.851. The first-order valence-electron chi connectivity index (χ1n) is 8.55. The molecule has 3 rings (SSSR count). The first-order valence-corrected chi connectivity index (χ1v) is 8.55. The van der Waals surface area contributed by atoms with Crippen LogP contribution in [-0.4, -0.2) is 29.9 Å². The van der Waals surface area contributed by atoms with Crippen molar-refractivity contribution < 1.29 is 4.79 Å². The van der Waals surface area contributed by atoms with E-state index in [1.54, 1.807) is 6.07 Å². The minimum atomic E-state index is -0.0219. The van der Waals surface area contributed by atoms with Crippen LogP contribution in [0.1, 0.15) is 34.3 Å². The lowest BCUT2D eigenvalue weighted by Gasteiger charge is -2.33. The molecule has 4 heteroatoms. The summed E-state index contributed by atoms with van der Waals surface area (Å²) >= 11 is 0. The zero-order valence-electron chi connectivity index (χ0n) is 14.2. The fourth-order valence-electron chi connectivity index (χ4n) is 3.31. The van der Waals surface area contributed by atoms with Crippen LogP contribution in [0.2, 0.25) is 0 Å². The molecule has 2 aromatic rings. The van der Waals surface area contributed by atoms with E-state index in [4.69, 9.17) is 5.73 Å². The molecule has 1 atom stereocenters. The average Bonchev–Trinajstić information content (AvgIpc) is 2.58. The van der Waals surface area contributed by atoms with E-state index < -0.39 is 0 Å². The lowest BCUT2D eigenvalue weighted by atomic mass is 10.0. The maximum Gasteiger partial charge on any atom is 0.251 e. The van der Waals surface area contributed by atoms with Crippen molar-refractivity contribution >= 4 is 11.6 Å². The van der Waals surface area contributed by atoms with Crippen molar-refractivity contribution in [2.45, 2.75) is 32.4 Å². The highest BCUT2D eigenvalue weighted by Crippen LogP contribution is 2.16. The van der Waals surface area contributed by atoms with Gasteiger partial charge in [-0.2, -0.15) is 0 Å². The smallest absolute Gasteiger partial charge is 0.251 e. The molecule has 1 heterocycles. The van der Waals surface area contributed by atoms with Gasteiger partial charge in [0.25, 0.3) is 5.91 Å². The van der Waals surface area contributed by atoms with Crippen LogP contribution >= 0.6 is 0 Å². The molecule has 0 radical (unpaired) electrons. The molecule has 4 nitrogen and oxygen atoms in total. The summed E-state index contributed by atoms with van der Waals surface area (Å²) in [5, 5.41) is 3.18. The number of hydrogen-bond donors (Lipinski definition) is 2. The lowest BCUT2D eigenvalue weighted by molar-refractivity contribution is 0.0900. The number of anilines is 1. The van der Waals surface area contributed by atoms with E-state index in [9.17, 15) is 4.79 Å². The van der Waals surface area contributed by atoms with Crippen molar-refractivity contribution in [1.29, 1.82) is 0 Å². The Balaban J connectivity index is 1.61. The fraction of sp³-hybridized carbons (Fsp3) is 0.350. The number of hydrogen-bond acceptors (Lipinski definition) is 3. The van der Waals surface area contributed by atoms with Gasteiger partial charge in [0, 0.05) is 30.4 Å². The van der Waals surface area contributed by atoms with E-state index in [0.29, 0.717) is 11.3 Å². The molecule has 1 unspecified atom stereocenters. The van der Waals surface area contributed by atoms with Gasteiger partial charge in [-0.05, 0) is 49.6 Å². The van der Waals surface area contributed by atoms with E-state index in [-0.39, 0.29) is 11.9 Å². The maximum absolute atomic E-state index is 12.6. The third-order valence-corrected chi connectivity index (χ3v) is 4.60. The van der Waals surface area contributed by atoms with Gasteiger partial charge in [0.1, 0.15) is 0 Å². The molecule has 1 aliphatic heterocycles. The first-order chi connectivity index (χ1) is 11.6. The number of likely N-dealkylation sites (tertiary alicyclic amines) is 1. The summed E-state index contributed by atoms with van der Waals surface area (Å²) in [5.41, 5.74) is 9.39. The van der Waals surface area contributed by atoms with Gasteiger partial charge >= 0.3 is 0 Å². The van der Waals surface area contributed by atoms with E-state index in [1.165, 1.54) is 5.56 Å². The molecule has 0 saturated carbocycles. The summed E-state index contributed by atoms with van der Waals surface area (Å²) in [6.07, 6.45) is 2.13. The Bertz CT molecular complexity index is 699. The largest absolute Gasteiger partial charge is 0.399 e. The highest BCUT2D eigenvalue weighted by atomic mass is 16.1. The molecule has 1 fully saturated rings. The zero-order valence-corrected chi connectivity index (χ0v) is 14.2. The molecular formula is C20H25N3O. The van der Waals surface area contributed by atoms with Crippen LogP contribution in [0.15, 0.2) is 48.5 Å². The second-order valence-corrected chi connectivity index (χ2v) is 6.61. The number of nitrogens with two attached hydrogens (primary N) is 1. The van der Waals surface area contributed by atoms with Gasteiger partial charge in [-0.3, -0.25) is 9.69 Å². The molecule has 0 spiro atoms. The van der Waals surface area contributed by atoms with Crippen molar-refractivity contribution in [3.63, 3.8) is 0 Å². The molecular weight excluding hydrogens is 298 g/mol. The normalized spacial score (nSPS) is 18.3. The molecule has 1 amide bonds. The predicted octanol–water partition coefficient (Wildman–Crippen LogP) is 2.97. The summed E-state index contributed by atoms with van der Waals surface area (Å²) in [6.45, 7) is 4.85. The summed E-state index contributed by atoms with van der Waals surface area (Å²) < 4.78 is 0. The van der Waals surface area contributed by atoms with Crippen LogP contribution in [0.5, 0.6) is 0 Å². The Morgan fingerprint density at radius 2 is 2.04 bits per heavy atom. The maximum atomic E-state index is 12.6. The topological polar surface area (TPSA) is 58.4 Å². The van der Waals surface area contributed by atoms with Crippen LogP contribution in [0.4, 0.5) is 5.69 Å². The summed E-state index contributed by atoms with van der Waals surface area (Å²) in [4.78, 5) is 15.0. The van der Waals surface area contributed by atoms with E-state index in [1.807, 2.05) is 25.1 Å². The van der Waals surface area contributed by atoms with Gasteiger partial charge < -0.3 is 11.1 Å². The van der Waals surface area contributed by atoms with Crippen LogP contribution in [-0.2, 0) is 6.54 Å². The summed E-state index contributed by atoms with van der Waals surface area (Å²) in [5.74, 6) is -0.0219.